The lowest BCUT2D eigenvalue weighted by Crippen LogP contribution is -2.17. The highest BCUT2D eigenvalue weighted by Gasteiger charge is 2.11. The molecule has 0 fully saturated rings. The fourth-order valence-corrected chi connectivity index (χ4v) is 1.89. The molecular weight excluding hydrogens is 329 g/mol. The van der Waals surface area contributed by atoms with E-state index >= 15 is 0 Å². The molecule has 6 nitrogen and oxygen atoms in total. The van der Waals surface area contributed by atoms with Crippen molar-refractivity contribution in [3.8, 4) is 0 Å². The highest BCUT2D eigenvalue weighted by molar-refractivity contribution is 6.32. The van der Waals surface area contributed by atoms with E-state index in [9.17, 15) is 14.9 Å². The van der Waals surface area contributed by atoms with Crippen LogP contribution >= 0.6 is 23.2 Å². The molecule has 2 aromatic rings. The summed E-state index contributed by atoms with van der Waals surface area (Å²) in [4.78, 5) is 22.0. The van der Waals surface area contributed by atoms with Gasteiger partial charge in [-0.1, -0.05) is 29.3 Å². The van der Waals surface area contributed by atoms with Gasteiger partial charge in [-0.15, -0.1) is 0 Å². The number of nitro benzene ring substituents is 1. The van der Waals surface area contributed by atoms with E-state index in [1.165, 1.54) is 18.3 Å². The molecule has 0 atom stereocenters. The van der Waals surface area contributed by atoms with Crippen LogP contribution in [0.5, 0.6) is 0 Å². The topological polar surface area (TPSA) is 84.6 Å². The Morgan fingerprint density at radius 2 is 1.86 bits per heavy atom. The molecule has 8 heteroatoms. The van der Waals surface area contributed by atoms with Crippen LogP contribution in [0.2, 0.25) is 10.0 Å². The zero-order valence-electron chi connectivity index (χ0n) is 11.0. The molecule has 1 amide bonds. The fraction of sp³-hybridized carbons (Fsp3) is 0. The molecule has 0 heterocycles. The first-order chi connectivity index (χ1) is 10.5. The number of carbonyl (C=O) groups is 1. The van der Waals surface area contributed by atoms with Gasteiger partial charge < -0.3 is 0 Å². The number of hydrogen-bond donors (Lipinski definition) is 1. The minimum Gasteiger partial charge on any atom is -0.267 e. The van der Waals surface area contributed by atoms with E-state index in [0.717, 1.165) is 0 Å². The van der Waals surface area contributed by atoms with Crippen LogP contribution < -0.4 is 5.43 Å². The Balaban J connectivity index is 2.06. The number of halogens is 2. The van der Waals surface area contributed by atoms with Crippen molar-refractivity contribution in [2.75, 3.05) is 0 Å². The Labute approximate surface area is 135 Å². The van der Waals surface area contributed by atoms with Crippen molar-refractivity contribution < 1.29 is 9.72 Å². The summed E-state index contributed by atoms with van der Waals surface area (Å²) in [5.74, 6) is -0.420. The Morgan fingerprint density at radius 1 is 1.18 bits per heavy atom. The number of nitrogens with one attached hydrogen (secondary N) is 1. The number of carbonyl (C=O) groups excluding carboxylic acids is 1. The third-order valence-electron chi connectivity index (χ3n) is 2.65. The maximum atomic E-state index is 11.8. The Hall–Kier alpha value is -2.44. The van der Waals surface area contributed by atoms with E-state index in [1.54, 1.807) is 30.3 Å². The predicted molar refractivity (Wildman–Crippen MR) is 84.6 cm³/mol. The second-order valence-corrected chi connectivity index (χ2v) is 5.02. The SMILES string of the molecule is O=C(NN=Cc1ccc(Cl)c([N+](=O)[O-])c1)c1ccc(Cl)cc1. The van der Waals surface area contributed by atoms with Gasteiger partial charge in [0.05, 0.1) is 11.1 Å². The molecule has 0 aliphatic heterocycles. The van der Waals surface area contributed by atoms with Crippen molar-refractivity contribution in [2.45, 2.75) is 0 Å². The van der Waals surface area contributed by atoms with Crippen LogP contribution in [0.4, 0.5) is 5.69 Å². The highest BCUT2D eigenvalue weighted by Crippen LogP contribution is 2.24. The summed E-state index contributed by atoms with van der Waals surface area (Å²) >= 11 is 11.4. The third-order valence-corrected chi connectivity index (χ3v) is 3.22. The number of benzene rings is 2. The molecule has 2 rings (SSSR count). The van der Waals surface area contributed by atoms with E-state index < -0.39 is 10.8 Å². The Bertz CT molecular complexity index is 745. The highest BCUT2D eigenvalue weighted by atomic mass is 35.5. The van der Waals surface area contributed by atoms with Crippen LogP contribution in [0.15, 0.2) is 47.6 Å². The van der Waals surface area contributed by atoms with E-state index in [4.69, 9.17) is 23.2 Å². The summed E-state index contributed by atoms with van der Waals surface area (Å²) in [7, 11) is 0. The van der Waals surface area contributed by atoms with Gasteiger partial charge >= 0.3 is 0 Å². The number of hydrogen-bond acceptors (Lipinski definition) is 4. The van der Waals surface area contributed by atoms with E-state index in [-0.39, 0.29) is 10.7 Å². The Morgan fingerprint density at radius 3 is 2.50 bits per heavy atom. The minimum atomic E-state index is -0.591. The minimum absolute atomic E-state index is 0.0346. The van der Waals surface area contributed by atoms with Crippen LogP contribution in [0.25, 0.3) is 0 Å². The van der Waals surface area contributed by atoms with Crippen molar-refractivity contribution >= 4 is 41.0 Å². The van der Waals surface area contributed by atoms with Crippen molar-refractivity contribution in [1.29, 1.82) is 0 Å². The van der Waals surface area contributed by atoms with Crippen molar-refractivity contribution in [1.82, 2.24) is 5.43 Å². The number of hydrazone groups is 1. The summed E-state index contributed by atoms with van der Waals surface area (Å²) in [6.07, 6.45) is 1.29. The molecule has 1 N–H and O–H groups in total. The molecule has 0 saturated carbocycles. The lowest BCUT2D eigenvalue weighted by atomic mass is 10.2. The normalized spacial score (nSPS) is 10.6. The Kier molecular flexibility index (Phi) is 5.08. The van der Waals surface area contributed by atoms with Crippen LogP contribution in [0.3, 0.4) is 0 Å². The standard InChI is InChI=1S/C14H9Cl2N3O3/c15-11-4-2-10(3-5-11)14(20)18-17-8-9-1-6-12(16)13(7-9)19(21)22/h1-8H,(H,18,20). The monoisotopic (exact) mass is 337 g/mol. The predicted octanol–water partition coefficient (Wildman–Crippen LogP) is 3.67. The smallest absolute Gasteiger partial charge is 0.267 e. The number of rotatable bonds is 4. The van der Waals surface area contributed by atoms with Crippen molar-refractivity contribution in [2.24, 2.45) is 5.10 Å². The molecule has 112 valence electrons. The summed E-state index contributed by atoms with van der Waals surface area (Å²) in [5, 5.41) is 15.1. The van der Waals surface area contributed by atoms with E-state index in [1.807, 2.05) is 0 Å². The van der Waals surface area contributed by atoms with Crippen molar-refractivity contribution in [3.63, 3.8) is 0 Å². The van der Waals surface area contributed by atoms with E-state index in [2.05, 4.69) is 10.5 Å². The molecule has 0 bridgehead atoms. The lowest BCUT2D eigenvalue weighted by molar-refractivity contribution is -0.384. The van der Waals surface area contributed by atoms with Crippen LogP contribution in [0, 0.1) is 10.1 Å². The second-order valence-electron chi connectivity index (χ2n) is 4.17. The van der Waals surface area contributed by atoms with Gasteiger partial charge in [-0.25, -0.2) is 5.43 Å². The van der Waals surface area contributed by atoms with Gasteiger partial charge in [-0.2, -0.15) is 5.10 Å². The summed E-state index contributed by atoms with van der Waals surface area (Å²) in [6.45, 7) is 0. The van der Waals surface area contributed by atoms with Crippen LogP contribution in [-0.4, -0.2) is 17.0 Å². The molecule has 22 heavy (non-hydrogen) atoms. The molecule has 2 aromatic carbocycles. The lowest BCUT2D eigenvalue weighted by Gasteiger charge is -2.00. The summed E-state index contributed by atoms with van der Waals surface area (Å²) in [5.41, 5.74) is 2.92. The summed E-state index contributed by atoms with van der Waals surface area (Å²) in [6, 6.07) is 10.5. The number of nitro groups is 1. The van der Waals surface area contributed by atoms with Gasteiger partial charge in [0.2, 0.25) is 0 Å². The van der Waals surface area contributed by atoms with Gasteiger partial charge in [0.1, 0.15) is 5.02 Å². The average molecular weight is 338 g/mol. The molecule has 0 radical (unpaired) electrons. The molecule has 0 saturated heterocycles. The number of nitrogens with zero attached hydrogens (tertiary/aromatic N) is 2. The van der Waals surface area contributed by atoms with Crippen molar-refractivity contribution in [3.05, 3.63) is 73.8 Å². The largest absolute Gasteiger partial charge is 0.288 e. The van der Waals surface area contributed by atoms with E-state index in [0.29, 0.717) is 16.1 Å². The van der Waals surface area contributed by atoms with Gasteiger partial charge in [-0.05, 0) is 30.3 Å². The molecule has 0 aliphatic carbocycles. The van der Waals surface area contributed by atoms with Crippen LogP contribution in [-0.2, 0) is 0 Å². The van der Waals surface area contributed by atoms with Gasteiger partial charge in [0.15, 0.2) is 0 Å². The van der Waals surface area contributed by atoms with Crippen LogP contribution in [0.1, 0.15) is 15.9 Å². The molecule has 0 spiro atoms. The maximum Gasteiger partial charge on any atom is 0.288 e. The maximum absolute atomic E-state index is 11.8. The first kappa shape index (κ1) is 15.9. The molecular formula is C14H9Cl2N3O3. The zero-order valence-corrected chi connectivity index (χ0v) is 12.5. The second kappa shape index (κ2) is 7.02. The first-order valence-electron chi connectivity index (χ1n) is 6.00. The third kappa shape index (κ3) is 4.03. The average Bonchev–Trinajstić information content (AvgIpc) is 2.49. The molecule has 0 aromatic heterocycles. The van der Waals surface area contributed by atoms with Gasteiger partial charge in [-0.3, -0.25) is 14.9 Å². The quantitative estimate of drug-likeness (QED) is 0.524. The van der Waals surface area contributed by atoms with Gasteiger partial charge in [0, 0.05) is 22.2 Å². The molecule has 0 unspecified atom stereocenters. The zero-order chi connectivity index (χ0) is 16.1. The molecule has 0 aliphatic rings. The first-order valence-corrected chi connectivity index (χ1v) is 6.76. The number of amides is 1. The van der Waals surface area contributed by atoms with Gasteiger partial charge in [0.25, 0.3) is 11.6 Å². The fourth-order valence-electron chi connectivity index (χ4n) is 1.58. The summed E-state index contributed by atoms with van der Waals surface area (Å²) < 4.78 is 0.